The summed E-state index contributed by atoms with van der Waals surface area (Å²) >= 11 is 0. The van der Waals surface area contributed by atoms with E-state index in [0.29, 0.717) is 12.5 Å². The molecule has 0 amide bonds. The molecule has 6 heteroatoms. The maximum Gasteiger partial charge on any atom is 0.283 e. The SMILES string of the molecule is C(=N\Nc1nnn(Cc2ccccc2)n1)/c1ccccc1. The van der Waals surface area contributed by atoms with Crippen molar-refractivity contribution in [3.05, 3.63) is 71.8 Å². The van der Waals surface area contributed by atoms with E-state index in [1.54, 1.807) is 6.21 Å². The number of benzene rings is 2. The molecule has 2 aromatic carbocycles. The maximum atomic E-state index is 4.21. The molecule has 3 aromatic rings. The van der Waals surface area contributed by atoms with E-state index in [1.807, 2.05) is 60.7 Å². The van der Waals surface area contributed by atoms with Gasteiger partial charge in [-0.15, -0.1) is 5.10 Å². The zero-order valence-electron chi connectivity index (χ0n) is 11.3. The Kier molecular flexibility index (Phi) is 3.97. The highest BCUT2D eigenvalue weighted by Gasteiger charge is 2.01. The molecule has 21 heavy (non-hydrogen) atoms. The summed E-state index contributed by atoms with van der Waals surface area (Å²) in [5.41, 5.74) is 4.88. The Morgan fingerprint density at radius 3 is 2.48 bits per heavy atom. The second-order valence-corrected chi connectivity index (χ2v) is 4.41. The Bertz CT molecular complexity index is 705. The zero-order valence-corrected chi connectivity index (χ0v) is 11.3. The molecule has 3 rings (SSSR count). The Labute approximate surface area is 122 Å². The number of nitrogens with one attached hydrogen (secondary N) is 1. The molecule has 0 fully saturated rings. The number of aromatic nitrogens is 4. The van der Waals surface area contributed by atoms with Gasteiger partial charge in [-0.2, -0.15) is 9.90 Å². The molecule has 0 atom stereocenters. The van der Waals surface area contributed by atoms with Gasteiger partial charge in [-0.05, 0) is 16.3 Å². The first-order valence-corrected chi connectivity index (χ1v) is 6.56. The van der Waals surface area contributed by atoms with Crippen LogP contribution in [0.5, 0.6) is 0 Å². The van der Waals surface area contributed by atoms with Gasteiger partial charge in [0.15, 0.2) is 0 Å². The minimum Gasteiger partial charge on any atom is -0.243 e. The second-order valence-electron chi connectivity index (χ2n) is 4.41. The predicted octanol–water partition coefficient (Wildman–Crippen LogP) is 2.17. The number of tetrazole rings is 1. The number of nitrogens with zero attached hydrogens (tertiary/aromatic N) is 5. The fraction of sp³-hybridized carbons (Fsp3) is 0.0667. The predicted molar refractivity (Wildman–Crippen MR) is 81.0 cm³/mol. The number of hydrazone groups is 1. The van der Waals surface area contributed by atoms with Crippen molar-refractivity contribution in [3.63, 3.8) is 0 Å². The minimum atomic E-state index is 0.373. The van der Waals surface area contributed by atoms with Crippen LogP contribution in [0.1, 0.15) is 11.1 Å². The van der Waals surface area contributed by atoms with Gasteiger partial charge in [-0.25, -0.2) is 5.43 Å². The van der Waals surface area contributed by atoms with E-state index < -0.39 is 0 Å². The van der Waals surface area contributed by atoms with Gasteiger partial charge in [-0.1, -0.05) is 65.8 Å². The van der Waals surface area contributed by atoms with Crippen molar-refractivity contribution in [2.24, 2.45) is 5.10 Å². The summed E-state index contributed by atoms with van der Waals surface area (Å²) in [6.45, 7) is 0.581. The highest BCUT2D eigenvalue weighted by Crippen LogP contribution is 2.01. The number of anilines is 1. The van der Waals surface area contributed by atoms with Gasteiger partial charge in [0.25, 0.3) is 5.95 Å². The monoisotopic (exact) mass is 278 g/mol. The van der Waals surface area contributed by atoms with Gasteiger partial charge < -0.3 is 0 Å². The van der Waals surface area contributed by atoms with Crippen molar-refractivity contribution in [3.8, 4) is 0 Å². The maximum absolute atomic E-state index is 4.21. The molecule has 104 valence electrons. The largest absolute Gasteiger partial charge is 0.283 e. The molecular formula is C15H14N6. The van der Waals surface area contributed by atoms with E-state index in [0.717, 1.165) is 11.1 Å². The Hall–Kier alpha value is -3.02. The van der Waals surface area contributed by atoms with Crippen molar-refractivity contribution in [1.82, 2.24) is 20.2 Å². The fourth-order valence-electron chi connectivity index (χ4n) is 1.81. The van der Waals surface area contributed by atoms with E-state index >= 15 is 0 Å². The molecule has 0 radical (unpaired) electrons. The van der Waals surface area contributed by atoms with Crippen molar-refractivity contribution in [2.75, 3.05) is 5.43 Å². The van der Waals surface area contributed by atoms with Gasteiger partial charge in [0, 0.05) is 0 Å². The molecule has 0 aliphatic carbocycles. The van der Waals surface area contributed by atoms with Crippen LogP contribution in [0, 0.1) is 0 Å². The van der Waals surface area contributed by atoms with Gasteiger partial charge in [0.1, 0.15) is 0 Å². The van der Waals surface area contributed by atoms with Gasteiger partial charge in [0.2, 0.25) is 0 Å². The molecule has 0 aliphatic heterocycles. The summed E-state index contributed by atoms with van der Waals surface area (Å²) in [5.74, 6) is 0.373. The molecule has 0 saturated carbocycles. The standard InChI is InChI=1S/C15H14N6/c1-3-7-13(8-4-1)11-16-17-15-18-20-21(19-15)12-14-9-5-2-6-10-14/h1-11H,12H2,(H,17,19)/b16-11+. The van der Waals surface area contributed by atoms with E-state index in [9.17, 15) is 0 Å². The normalized spacial score (nSPS) is 10.9. The summed E-state index contributed by atoms with van der Waals surface area (Å²) in [4.78, 5) is 1.52. The molecule has 1 N–H and O–H groups in total. The zero-order chi connectivity index (χ0) is 14.3. The number of hydrogen-bond acceptors (Lipinski definition) is 5. The van der Waals surface area contributed by atoms with Crippen LogP contribution >= 0.6 is 0 Å². The Balaban J connectivity index is 1.59. The molecule has 1 aromatic heterocycles. The van der Waals surface area contributed by atoms with Crippen molar-refractivity contribution in [1.29, 1.82) is 0 Å². The third-order valence-electron chi connectivity index (χ3n) is 2.80. The van der Waals surface area contributed by atoms with Crippen LogP contribution in [0.3, 0.4) is 0 Å². The van der Waals surface area contributed by atoms with Crippen molar-refractivity contribution in [2.45, 2.75) is 6.54 Å². The highest BCUT2D eigenvalue weighted by molar-refractivity contribution is 5.79. The Morgan fingerprint density at radius 2 is 1.71 bits per heavy atom. The van der Waals surface area contributed by atoms with Gasteiger partial charge >= 0.3 is 0 Å². The first-order valence-electron chi connectivity index (χ1n) is 6.56. The van der Waals surface area contributed by atoms with E-state index in [-0.39, 0.29) is 0 Å². The molecule has 0 spiro atoms. The molecule has 0 saturated heterocycles. The van der Waals surface area contributed by atoms with Crippen LogP contribution in [0.15, 0.2) is 65.8 Å². The molecule has 0 unspecified atom stereocenters. The third-order valence-corrected chi connectivity index (χ3v) is 2.80. The van der Waals surface area contributed by atoms with Crippen molar-refractivity contribution < 1.29 is 0 Å². The first kappa shape index (κ1) is 13.0. The number of hydrogen-bond donors (Lipinski definition) is 1. The van der Waals surface area contributed by atoms with Crippen LogP contribution in [-0.4, -0.2) is 26.4 Å². The van der Waals surface area contributed by atoms with Gasteiger partial charge in [-0.3, -0.25) is 0 Å². The van der Waals surface area contributed by atoms with E-state index in [1.165, 1.54) is 4.80 Å². The summed E-state index contributed by atoms with van der Waals surface area (Å²) < 4.78 is 0. The smallest absolute Gasteiger partial charge is 0.243 e. The average Bonchev–Trinajstić information content (AvgIpc) is 2.97. The summed E-state index contributed by atoms with van der Waals surface area (Å²) in [5, 5.41) is 16.2. The summed E-state index contributed by atoms with van der Waals surface area (Å²) in [6, 6.07) is 19.8. The summed E-state index contributed by atoms with van der Waals surface area (Å²) in [6.07, 6.45) is 1.71. The lowest BCUT2D eigenvalue weighted by Crippen LogP contribution is -2.04. The third kappa shape index (κ3) is 3.73. The molecule has 1 heterocycles. The second kappa shape index (κ2) is 6.42. The van der Waals surface area contributed by atoms with E-state index in [4.69, 9.17) is 0 Å². The van der Waals surface area contributed by atoms with Crippen LogP contribution in [-0.2, 0) is 6.54 Å². The average molecular weight is 278 g/mol. The summed E-state index contributed by atoms with van der Waals surface area (Å²) in [7, 11) is 0. The quantitative estimate of drug-likeness (QED) is 0.573. The highest BCUT2D eigenvalue weighted by atomic mass is 15.6. The van der Waals surface area contributed by atoms with Crippen LogP contribution in [0.25, 0.3) is 0 Å². The minimum absolute atomic E-state index is 0.373. The van der Waals surface area contributed by atoms with Gasteiger partial charge in [0.05, 0.1) is 12.8 Å². The molecular weight excluding hydrogens is 264 g/mol. The van der Waals surface area contributed by atoms with Crippen LogP contribution in [0.4, 0.5) is 5.95 Å². The molecule has 0 bridgehead atoms. The molecule has 6 nitrogen and oxygen atoms in total. The lowest BCUT2D eigenvalue weighted by atomic mass is 10.2. The number of rotatable bonds is 5. The van der Waals surface area contributed by atoms with Crippen molar-refractivity contribution >= 4 is 12.2 Å². The lowest BCUT2D eigenvalue weighted by Gasteiger charge is -1.97. The lowest BCUT2D eigenvalue weighted by molar-refractivity contribution is 0.573. The topological polar surface area (TPSA) is 68.0 Å². The first-order chi connectivity index (χ1) is 10.4. The van der Waals surface area contributed by atoms with E-state index in [2.05, 4.69) is 25.9 Å². The van der Waals surface area contributed by atoms with Crippen LogP contribution in [0.2, 0.25) is 0 Å². The molecule has 0 aliphatic rings. The Morgan fingerprint density at radius 1 is 1.00 bits per heavy atom. The van der Waals surface area contributed by atoms with Crippen LogP contribution < -0.4 is 5.43 Å². The fourth-order valence-corrected chi connectivity index (χ4v) is 1.81.